The molecule has 1 atom stereocenters. The van der Waals surface area contributed by atoms with Gasteiger partial charge in [-0.1, -0.05) is 0 Å². The van der Waals surface area contributed by atoms with E-state index in [-0.39, 0.29) is 12.5 Å². The molecule has 2 N–H and O–H groups in total. The van der Waals surface area contributed by atoms with Crippen LogP contribution in [-0.2, 0) is 9.53 Å². The van der Waals surface area contributed by atoms with E-state index in [9.17, 15) is 9.59 Å². The molecule has 1 unspecified atom stereocenters. The average Bonchev–Trinajstić information content (AvgIpc) is 2.96. The summed E-state index contributed by atoms with van der Waals surface area (Å²) in [6.07, 6.45) is 1.18. The van der Waals surface area contributed by atoms with Gasteiger partial charge in [0.15, 0.2) is 0 Å². The summed E-state index contributed by atoms with van der Waals surface area (Å²) in [5, 5.41) is 11.6. The van der Waals surface area contributed by atoms with Gasteiger partial charge in [-0.15, -0.1) is 0 Å². The van der Waals surface area contributed by atoms with Crippen LogP contribution in [0.3, 0.4) is 0 Å². The van der Waals surface area contributed by atoms with Crippen molar-refractivity contribution in [3.05, 3.63) is 0 Å². The zero-order valence-corrected chi connectivity index (χ0v) is 11.7. The van der Waals surface area contributed by atoms with Crippen LogP contribution in [0, 0.1) is 5.92 Å². The highest BCUT2D eigenvalue weighted by atomic mass is 16.5. The molecule has 0 radical (unpaired) electrons. The lowest BCUT2D eigenvalue weighted by atomic mass is 10.1. The van der Waals surface area contributed by atoms with Gasteiger partial charge in [-0.05, 0) is 6.42 Å². The molecular formula is C13H23N3O4. The molecule has 2 aliphatic heterocycles. The fourth-order valence-electron chi connectivity index (χ4n) is 2.52. The maximum absolute atomic E-state index is 12.0. The number of piperazine rings is 1. The molecule has 2 amide bonds. The van der Waals surface area contributed by atoms with E-state index >= 15 is 0 Å². The van der Waals surface area contributed by atoms with Crippen molar-refractivity contribution in [1.82, 2.24) is 15.1 Å². The summed E-state index contributed by atoms with van der Waals surface area (Å²) in [4.78, 5) is 26.4. The molecule has 2 saturated heterocycles. The number of aliphatic carboxylic acids is 1. The van der Waals surface area contributed by atoms with E-state index < -0.39 is 5.97 Å². The van der Waals surface area contributed by atoms with Crippen molar-refractivity contribution in [2.45, 2.75) is 12.8 Å². The number of carboxylic acid groups (broad SMARTS) is 1. The quantitative estimate of drug-likeness (QED) is 0.732. The lowest BCUT2D eigenvalue weighted by Gasteiger charge is -2.34. The number of ether oxygens (including phenoxy) is 1. The van der Waals surface area contributed by atoms with Crippen molar-refractivity contribution in [3.8, 4) is 0 Å². The highest BCUT2D eigenvalue weighted by Gasteiger charge is 2.22. The van der Waals surface area contributed by atoms with E-state index in [2.05, 4.69) is 10.2 Å². The van der Waals surface area contributed by atoms with Crippen molar-refractivity contribution in [2.75, 3.05) is 52.5 Å². The van der Waals surface area contributed by atoms with Crippen LogP contribution >= 0.6 is 0 Å². The standard InChI is InChI=1S/C13H23N3O4/c17-12(18)1-3-15-4-6-16(7-5-15)13(19)14-9-11-2-8-20-10-11/h11H,1-10H2,(H,14,19)(H,17,18). The summed E-state index contributed by atoms with van der Waals surface area (Å²) in [6.45, 7) is 5.58. The van der Waals surface area contributed by atoms with Crippen LogP contribution in [0.15, 0.2) is 0 Å². The molecule has 20 heavy (non-hydrogen) atoms. The Bertz CT molecular complexity index is 337. The largest absolute Gasteiger partial charge is 0.481 e. The third-order valence-corrected chi connectivity index (χ3v) is 3.87. The van der Waals surface area contributed by atoms with Crippen LogP contribution in [0.5, 0.6) is 0 Å². The summed E-state index contributed by atoms with van der Waals surface area (Å²) < 4.78 is 5.28. The number of nitrogens with zero attached hydrogens (tertiary/aromatic N) is 2. The van der Waals surface area contributed by atoms with Gasteiger partial charge in [-0.25, -0.2) is 4.79 Å². The predicted molar refractivity (Wildman–Crippen MR) is 72.6 cm³/mol. The molecule has 0 bridgehead atoms. The third kappa shape index (κ3) is 4.64. The van der Waals surface area contributed by atoms with E-state index in [0.29, 0.717) is 32.1 Å². The number of carbonyl (C=O) groups excluding carboxylic acids is 1. The first-order chi connectivity index (χ1) is 9.65. The number of hydrogen-bond acceptors (Lipinski definition) is 4. The second kappa shape index (κ2) is 7.44. The molecule has 2 rings (SSSR count). The van der Waals surface area contributed by atoms with E-state index in [1.165, 1.54) is 0 Å². The molecule has 2 heterocycles. The van der Waals surface area contributed by atoms with Crippen molar-refractivity contribution in [3.63, 3.8) is 0 Å². The number of nitrogens with one attached hydrogen (secondary N) is 1. The first kappa shape index (κ1) is 15.1. The number of amides is 2. The van der Waals surface area contributed by atoms with Crippen molar-refractivity contribution >= 4 is 12.0 Å². The van der Waals surface area contributed by atoms with E-state index in [1.54, 1.807) is 4.90 Å². The van der Waals surface area contributed by atoms with Crippen molar-refractivity contribution in [1.29, 1.82) is 0 Å². The Labute approximate surface area is 118 Å². The molecule has 114 valence electrons. The topological polar surface area (TPSA) is 82.1 Å². The van der Waals surface area contributed by atoms with E-state index in [1.807, 2.05) is 0 Å². The van der Waals surface area contributed by atoms with E-state index in [4.69, 9.17) is 9.84 Å². The number of urea groups is 1. The van der Waals surface area contributed by atoms with Gasteiger partial charge in [0, 0.05) is 51.8 Å². The van der Waals surface area contributed by atoms with E-state index in [0.717, 1.165) is 32.7 Å². The number of hydrogen-bond donors (Lipinski definition) is 2. The Kier molecular flexibility index (Phi) is 5.60. The summed E-state index contributed by atoms with van der Waals surface area (Å²) in [5.74, 6) is -0.334. The van der Waals surface area contributed by atoms with Crippen LogP contribution < -0.4 is 5.32 Å². The fraction of sp³-hybridized carbons (Fsp3) is 0.846. The molecule has 2 fully saturated rings. The molecule has 0 spiro atoms. The minimum atomic E-state index is -0.774. The first-order valence-electron chi connectivity index (χ1n) is 7.20. The Morgan fingerprint density at radius 3 is 2.60 bits per heavy atom. The van der Waals surface area contributed by atoms with Gasteiger partial charge in [-0.2, -0.15) is 0 Å². The van der Waals surface area contributed by atoms with Crippen molar-refractivity contribution < 1.29 is 19.4 Å². The monoisotopic (exact) mass is 285 g/mol. The maximum atomic E-state index is 12.0. The molecule has 2 aliphatic rings. The summed E-state index contributed by atoms with van der Waals surface area (Å²) in [7, 11) is 0. The summed E-state index contributed by atoms with van der Waals surface area (Å²) in [6, 6.07) is -0.0187. The predicted octanol–water partition coefficient (Wildman–Crippen LogP) is -0.175. The van der Waals surface area contributed by atoms with Crippen molar-refractivity contribution in [2.24, 2.45) is 5.92 Å². The van der Waals surface area contributed by atoms with Gasteiger partial charge in [-0.3, -0.25) is 9.69 Å². The van der Waals surface area contributed by atoms with Gasteiger partial charge in [0.2, 0.25) is 0 Å². The number of rotatable bonds is 5. The molecular weight excluding hydrogens is 262 g/mol. The number of carbonyl (C=O) groups is 2. The van der Waals surface area contributed by atoms with Gasteiger partial charge in [0.25, 0.3) is 0 Å². The highest BCUT2D eigenvalue weighted by Crippen LogP contribution is 2.11. The zero-order valence-electron chi connectivity index (χ0n) is 11.7. The minimum absolute atomic E-state index is 0.0187. The maximum Gasteiger partial charge on any atom is 0.317 e. The summed E-state index contributed by atoms with van der Waals surface area (Å²) >= 11 is 0. The van der Waals surface area contributed by atoms with Crippen LogP contribution in [0.4, 0.5) is 4.79 Å². The molecule has 7 heteroatoms. The normalized spacial score (nSPS) is 23.8. The Morgan fingerprint density at radius 1 is 1.25 bits per heavy atom. The zero-order chi connectivity index (χ0) is 14.4. The van der Waals surface area contributed by atoms with Crippen LogP contribution in [-0.4, -0.2) is 79.4 Å². The molecule has 0 aromatic rings. The van der Waals surface area contributed by atoms with Crippen LogP contribution in [0.2, 0.25) is 0 Å². The molecule has 0 aromatic heterocycles. The second-order valence-corrected chi connectivity index (χ2v) is 5.39. The molecule has 0 aliphatic carbocycles. The molecule has 0 aromatic carbocycles. The lowest BCUT2D eigenvalue weighted by Crippen LogP contribution is -2.52. The van der Waals surface area contributed by atoms with Gasteiger partial charge >= 0.3 is 12.0 Å². The third-order valence-electron chi connectivity index (χ3n) is 3.87. The van der Waals surface area contributed by atoms with Crippen LogP contribution in [0.25, 0.3) is 0 Å². The molecule has 0 saturated carbocycles. The fourth-order valence-corrected chi connectivity index (χ4v) is 2.52. The Hall–Kier alpha value is -1.34. The second-order valence-electron chi connectivity index (χ2n) is 5.39. The van der Waals surface area contributed by atoms with Crippen LogP contribution in [0.1, 0.15) is 12.8 Å². The lowest BCUT2D eigenvalue weighted by molar-refractivity contribution is -0.137. The Balaban J connectivity index is 1.62. The smallest absolute Gasteiger partial charge is 0.317 e. The highest BCUT2D eigenvalue weighted by molar-refractivity contribution is 5.74. The Morgan fingerprint density at radius 2 is 2.00 bits per heavy atom. The average molecular weight is 285 g/mol. The minimum Gasteiger partial charge on any atom is -0.481 e. The van der Waals surface area contributed by atoms with Gasteiger partial charge in [0.05, 0.1) is 13.0 Å². The van der Waals surface area contributed by atoms with Gasteiger partial charge < -0.3 is 20.1 Å². The first-order valence-corrected chi connectivity index (χ1v) is 7.20. The number of carboxylic acids is 1. The molecule has 7 nitrogen and oxygen atoms in total. The summed E-state index contributed by atoms with van der Waals surface area (Å²) in [5.41, 5.74) is 0. The SMILES string of the molecule is O=C(O)CCN1CCN(C(=O)NCC2CCOC2)CC1. The van der Waals surface area contributed by atoms with Gasteiger partial charge in [0.1, 0.15) is 0 Å².